The fourth-order valence-electron chi connectivity index (χ4n) is 2.50. The highest BCUT2D eigenvalue weighted by Crippen LogP contribution is 2.39. The number of carbonyl (C=O) groups is 2. The van der Waals surface area contributed by atoms with E-state index in [-0.39, 0.29) is 23.5 Å². The van der Waals surface area contributed by atoms with Crippen LogP contribution in [-0.4, -0.2) is 31.8 Å². The first-order chi connectivity index (χ1) is 12.5. The van der Waals surface area contributed by atoms with Crippen LogP contribution < -0.4 is 11.1 Å². The number of aryl methyl sites for hydroxylation is 1. The van der Waals surface area contributed by atoms with E-state index >= 15 is 0 Å². The first-order valence-electron chi connectivity index (χ1n) is 8.40. The summed E-state index contributed by atoms with van der Waals surface area (Å²) in [6.45, 7) is 1.81. The van der Waals surface area contributed by atoms with Gasteiger partial charge >= 0.3 is 0 Å². The number of hydrogen-bond donors (Lipinski definition) is 2. The van der Waals surface area contributed by atoms with Crippen molar-refractivity contribution in [2.75, 3.05) is 5.32 Å². The summed E-state index contributed by atoms with van der Waals surface area (Å²) in [6, 6.07) is 7.44. The van der Waals surface area contributed by atoms with Crippen molar-refractivity contribution >= 4 is 40.9 Å². The summed E-state index contributed by atoms with van der Waals surface area (Å²) in [6.07, 6.45) is 2.79. The lowest BCUT2D eigenvalue weighted by molar-refractivity contribution is -0.118. The first kappa shape index (κ1) is 18.7. The number of amides is 2. The Balaban J connectivity index is 1.68. The number of halogens is 1. The van der Waals surface area contributed by atoms with Crippen molar-refractivity contribution in [2.24, 2.45) is 5.73 Å². The van der Waals surface area contributed by atoms with Crippen molar-refractivity contribution in [2.45, 2.75) is 49.1 Å². The molecule has 1 heterocycles. The zero-order chi connectivity index (χ0) is 18.7. The quantitative estimate of drug-likeness (QED) is 0.671. The molecule has 138 valence electrons. The maximum atomic E-state index is 12.5. The average Bonchev–Trinajstić information content (AvgIpc) is 3.36. The van der Waals surface area contributed by atoms with Crippen LogP contribution in [0.5, 0.6) is 0 Å². The van der Waals surface area contributed by atoms with Crippen LogP contribution in [0.4, 0.5) is 5.69 Å². The Bertz CT molecular complexity index is 821. The van der Waals surface area contributed by atoms with E-state index in [4.69, 9.17) is 17.3 Å². The first-order valence-corrected chi connectivity index (χ1v) is 9.65. The lowest BCUT2D eigenvalue weighted by atomic mass is 10.3. The van der Waals surface area contributed by atoms with Crippen LogP contribution in [-0.2, 0) is 16.0 Å². The third kappa shape index (κ3) is 4.56. The van der Waals surface area contributed by atoms with Gasteiger partial charge in [-0.05, 0) is 31.9 Å². The minimum Gasteiger partial charge on any atom is -0.370 e. The Morgan fingerprint density at radius 2 is 2.12 bits per heavy atom. The molecule has 0 aliphatic heterocycles. The summed E-state index contributed by atoms with van der Waals surface area (Å²) in [5.74, 6) is 0.219. The van der Waals surface area contributed by atoms with Gasteiger partial charge in [-0.1, -0.05) is 35.5 Å². The minimum absolute atomic E-state index is 0.160. The number of anilines is 1. The molecule has 3 N–H and O–H groups in total. The standard InChI is InChI=1S/C17H20ClN5O2S/c1-10(16(25)20-13-5-3-2-4-12(13)18)26-17-22-21-15(9-8-14(19)24)23(17)11-6-7-11/h2-5,10-11H,6-9H2,1H3,(H2,19,24)(H,20,25). The van der Waals surface area contributed by atoms with E-state index in [2.05, 4.69) is 15.5 Å². The molecule has 1 unspecified atom stereocenters. The number of nitrogens with one attached hydrogen (secondary N) is 1. The molecule has 9 heteroatoms. The van der Waals surface area contributed by atoms with Crippen molar-refractivity contribution in [3.05, 3.63) is 35.1 Å². The molecule has 7 nitrogen and oxygen atoms in total. The SMILES string of the molecule is CC(Sc1nnc(CCC(N)=O)n1C1CC1)C(=O)Nc1ccccc1Cl. The summed E-state index contributed by atoms with van der Waals surface area (Å²) >= 11 is 7.43. The van der Waals surface area contributed by atoms with E-state index in [0.717, 1.165) is 18.7 Å². The van der Waals surface area contributed by atoms with Crippen molar-refractivity contribution in [3.63, 3.8) is 0 Å². The Kier molecular flexibility index (Phi) is 5.83. The zero-order valence-electron chi connectivity index (χ0n) is 14.3. The predicted octanol–water partition coefficient (Wildman–Crippen LogP) is 2.80. The summed E-state index contributed by atoms with van der Waals surface area (Å²) in [5, 5.41) is 12.0. The molecule has 0 radical (unpaired) electrons. The second-order valence-electron chi connectivity index (χ2n) is 6.20. The fraction of sp³-hybridized carbons (Fsp3) is 0.412. The van der Waals surface area contributed by atoms with Gasteiger partial charge in [0.05, 0.1) is 16.0 Å². The molecule has 1 aliphatic rings. The van der Waals surface area contributed by atoms with E-state index in [1.54, 1.807) is 12.1 Å². The zero-order valence-corrected chi connectivity index (χ0v) is 15.9. The summed E-state index contributed by atoms with van der Waals surface area (Å²) < 4.78 is 2.03. The van der Waals surface area contributed by atoms with Crippen LogP contribution >= 0.6 is 23.4 Å². The Morgan fingerprint density at radius 1 is 1.38 bits per heavy atom. The van der Waals surface area contributed by atoms with E-state index < -0.39 is 0 Å². The highest BCUT2D eigenvalue weighted by atomic mass is 35.5. The maximum absolute atomic E-state index is 12.5. The molecule has 0 spiro atoms. The second kappa shape index (κ2) is 8.09. The number of nitrogens with two attached hydrogens (primary N) is 1. The monoisotopic (exact) mass is 393 g/mol. The molecule has 1 atom stereocenters. The highest BCUT2D eigenvalue weighted by molar-refractivity contribution is 8.00. The molecular formula is C17H20ClN5O2S. The van der Waals surface area contributed by atoms with Crippen LogP contribution in [0, 0.1) is 0 Å². The van der Waals surface area contributed by atoms with Gasteiger partial charge in [0.15, 0.2) is 5.16 Å². The Morgan fingerprint density at radius 3 is 2.77 bits per heavy atom. The lowest BCUT2D eigenvalue weighted by Gasteiger charge is -2.14. The number of para-hydroxylation sites is 1. The highest BCUT2D eigenvalue weighted by Gasteiger charge is 2.31. The van der Waals surface area contributed by atoms with Gasteiger partial charge in [-0.2, -0.15) is 0 Å². The number of carbonyl (C=O) groups excluding carboxylic acids is 2. The third-order valence-electron chi connectivity index (χ3n) is 4.03. The van der Waals surface area contributed by atoms with E-state index in [9.17, 15) is 9.59 Å². The van der Waals surface area contributed by atoms with E-state index in [0.29, 0.717) is 28.3 Å². The van der Waals surface area contributed by atoms with Crippen molar-refractivity contribution in [3.8, 4) is 0 Å². The van der Waals surface area contributed by atoms with Crippen LogP contribution in [0.3, 0.4) is 0 Å². The van der Waals surface area contributed by atoms with Crippen LogP contribution in [0.15, 0.2) is 29.4 Å². The van der Waals surface area contributed by atoms with Crippen molar-refractivity contribution in [1.29, 1.82) is 0 Å². The van der Waals surface area contributed by atoms with Crippen LogP contribution in [0.25, 0.3) is 0 Å². The van der Waals surface area contributed by atoms with Gasteiger partial charge in [-0.25, -0.2) is 0 Å². The number of nitrogens with zero attached hydrogens (tertiary/aromatic N) is 3. The molecule has 1 aromatic carbocycles. The van der Waals surface area contributed by atoms with Gasteiger partial charge in [0, 0.05) is 18.9 Å². The molecule has 1 aromatic heterocycles. The second-order valence-corrected chi connectivity index (χ2v) is 7.91. The minimum atomic E-state index is -0.378. The van der Waals surface area contributed by atoms with Gasteiger partial charge in [0.25, 0.3) is 0 Å². The maximum Gasteiger partial charge on any atom is 0.237 e. The van der Waals surface area contributed by atoms with Gasteiger partial charge < -0.3 is 15.6 Å². The van der Waals surface area contributed by atoms with Gasteiger partial charge in [-0.3, -0.25) is 9.59 Å². The molecule has 26 heavy (non-hydrogen) atoms. The number of rotatable bonds is 8. The number of primary amides is 1. The number of thioether (sulfide) groups is 1. The molecular weight excluding hydrogens is 374 g/mol. The average molecular weight is 394 g/mol. The molecule has 1 fully saturated rings. The van der Waals surface area contributed by atoms with Gasteiger partial charge in [0.2, 0.25) is 11.8 Å². The van der Waals surface area contributed by atoms with Gasteiger partial charge in [-0.15, -0.1) is 10.2 Å². The van der Waals surface area contributed by atoms with Crippen LogP contribution in [0.2, 0.25) is 5.02 Å². The van der Waals surface area contributed by atoms with E-state index in [1.807, 2.05) is 23.6 Å². The molecule has 0 bridgehead atoms. The smallest absolute Gasteiger partial charge is 0.237 e. The van der Waals surface area contributed by atoms with Crippen LogP contribution in [0.1, 0.15) is 38.1 Å². The van der Waals surface area contributed by atoms with Crippen molar-refractivity contribution in [1.82, 2.24) is 14.8 Å². The predicted molar refractivity (Wildman–Crippen MR) is 101 cm³/mol. The van der Waals surface area contributed by atoms with Crippen molar-refractivity contribution < 1.29 is 9.59 Å². The number of aromatic nitrogens is 3. The fourth-order valence-corrected chi connectivity index (χ4v) is 3.62. The largest absolute Gasteiger partial charge is 0.370 e. The molecule has 3 rings (SSSR count). The topological polar surface area (TPSA) is 103 Å². The summed E-state index contributed by atoms with van der Waals surface area (Å²) in [4.78, 5) is 23.5. The summed E-state index contributed by atoms with van der Waals surface area (Å²) in [5.41, 5.74) is 5.81. The molecule has 1 saturated carbocycles. The summed E-state index contributed by atoms with van der Waals surface area (Å²) in [7, 11) is 0. The molecule has 1 aliphatic carbocycles. The third-order valence-corrected chi connectivity index (χ3v) is 5.41. The normalized spacial score (nSPS) is 14.8. The van der Waals surface area contributed by atoms with Gasteiger partial charge in [0.1, 0.15) is 5.82 Å². The number of benzene rings is 1. The molecule has 2 amide bonds. The number of hydrogen-bond acceptors (Lipinski definition) is 5. The van der Waals surface area contributed by atoms with E-state index in [1.165, 1.54) is 11.8 Å². The lowest BCUT2D eigenvalue weighted by Crippen LogP contribution is -2.23. The molecule has 0 saturated heterocycles. The molecule has 2 aromatic rings. The Labute approximate surface area is 160 Å². The Hall–Kier alpha value is -2.06.